The van der Waals surface area contributed by atoms with Crippen molar-refractivity contribution >= 4 is 27.5 Å². The lowest BCUT2D eigenvalue weighted by molar-refractivity contribution is -0.130. The lowest BCUT2D eigenvalue weighted by Crippen LogP contribution is -2.44. The van der Waals surface area contributed by atoms with Gasteiger partial charge in [-0.15, -0.1) is 0 Å². The van der Waals surface area contributed by atoms with Gasteiger partial charge in [-0.3, -0.25) is 13.9 Å². The van der Waals surface area contributed by atoms with Crippen molar-refractivity contribution < 1.29 is 22.4 Å². The first-order chi connectivity index (χ1) is 12.6. The van der Waals surface area contributed by atoms with Gasteiger partial charge in [0.05, 0.1) is 11.9 Å². The Balaban J connectivity index is 1.71. The number of piperidine rings is 1. The van der Waals surface area contributed by atoms with Gasteiger partial charge < -0.3 is 10.2 Å². The molecule has 0 spiro atoms. The summed E-state index contributed by atoms with van der Waals surface area (Å²) in [5, 5.41) is 2.86. The van der Waals surface area contributed by atoms with E-state index in [1.54, 1.807) is 11.9 Å². The van der Waals surface area contributed by atoms with Crippen LogP contribution in [0, 0.1) is 17.7 Å². The van der Waals surface area contributed by atoms with Gasteiger partial charge in [0.15, 0.2) is 0 Å². The van der Waals surface area contributed by atoms with Crippen LogP contribution in [0.25, 0.3) is 0 Å². The Kier molecular flexibility index (Phi) is 5.41. The fraction of sp³-hybridized carbons (Fsp3) is 0.556. The van der Waals surface area contributed by atoms with E-state index in [0.717, 1.165) is 29.5 Å². The Bertz CT molecular complexity index is 845. The third kappa shape index (κ3) is 4.40. The minimum absolute atomic E-state index is 0.0332. The predicted molar refractivity (Wildman–Crippen MR) is 99.0 cm³/mol. The van der Waals surface area contributed by atoms with Gasteiger partial charge in [0, 0.05) is 26.1 Å². The van der Waals surface area contributed by atoms with Gasteiger partial charge in [-0.05, 0) is 42.9 Å². The first kappa shape index (κ1) is 19.6. The maximum atomic E-state index is 13.5. The molecule has 1 aromatic rings. The fourth-order valence-corrected chi connectivity index (χ4v) is 4.86. The summed E-state index contributed by atoms with van der Waals surface area (Å²) < 4.78 is 38.7. The zero-order valence-corrected chi connectivity index (χ0v) is 16.2. The van der Waals surface area contributed by atoms with Crippen LogP contribution in [0.1, 0.15) is 19.3 Å². The number of hydrogen-bond acceptors (Lipinski definition) is 4. The van der Waals surface area contributed by atoms with Gasteiger partial charge in [0.1, 0.15) is 12.4 Å². The zero-order chi connectivity index (χ0) is 19.8. The summed E-state index contributed by atoms with van der Waals surface area (Å²) >= 11 is 0. The molecule has 9 heteroatoms. The molecule has 0 unspecified atom stereocenters. The van der Waals surface area contributed by atoms with E-state index >= 15 is 0 Å². The number of carbonyl (C=O) groups excluding carboxylic acids is 2. The summed E-state index contributed by atoms with van der Waals surface area (Å²) in [6.45, 7) is 0.239. The molecule has 1 aliphatic carbocycles. The maximum absolute atomic E-state index is 13.5. The molecular weight excluding hydrogens is 373 g/mol. The van der Waals surface area contributed by atoms with Crippen LogP contribution in [0.2, 0.25) is 0 Å². The first-order valence-corrected chi connectivity index (χ1v) is 10.8. The molecule has 148 valence electrons. The molecule has 2 fully saturated rings. The molecule has 3 atom stereocenters. The van der Waals surface area contributed by atoms with Crippen LogP contribution in [0.4, 0.5) is 10.1 Å². The minimum Gasteiger partial charge on any atom is -0.356 e. The summed E-state index contributed by atoms with van der Waals surface area (Å²) in [7, 11) is -2.09. The normalized spacial score (nSPS) is 24.9. The van der Waals surface area contributed by atoms with Crippen molar-refractivity contribution in [3.05, 3.63) is 30.1 Å². The van der Waals surface area contributed by atoms with E-state index in [4.69, 9.17) is 0 Å². The van der Waals surface area contributed by atoms with Gasteiger partial charge in [0.25, 0.3) is 0 Å². The summed E-state index contributed by atoms with van der Waals surface area (Å²) in [4.78, 5) is 25.9. The Morgan fingerprint density at radius 3 is 2.67 bits per heavy atom. The van der Waals surface area contributed by atoms with Crippen LogP contribution in [0.5, 0.6) is 0 Å². The van der Waals surface area contributed by atoms with Gasteiger partial charge in [-0.25, -0.2) is 12.8 Å². The van der Waals surface area contributed by atoms with E-state index in [-0.39, 0.29) is 36.0 Å². The lowest BCUT2D eigenvalue weighted by Gasteiger charge is -2.29. The Hall–Kier alpha value is -2.16. The number of benzene rings is 1. The molecule has 2 amide bonds. The summed E-state index contributed by atoms with van der Waals surface area (Å²) in [5.74, 6) is -0.280. The molecule has 1 heterocycles. The van der Waals surface area contributed by atoms with Crippen LogP contribution in [0.3, 0.4) is 0 Å². The Labute approximate surface area is 158 Å². The van der Waals surface area contributed by atoms with Crippen molar-refractivity contribution in [3.63, 3.8) is 0 Å². The highest BCUT2D eigenvalue weighted by molar-refractivity contribution is 7.92. The van der Waals surface area contributed by atoms with E-state index < -0.39 is 15.8 Å². The third-order valence-electron chi connectivity index (χ3n) is 5.54. The second kappa shape index (κ2) is 7.46. The van der Waals surface area contributed by atoms with Crippen LogP contribution in [0.15, 0.2) is 24.3 Å². The summed E-state index contributed by atoms with van der Waals surface area (Å²) in [6, 6.07) is 5.14. The largest absolute Gasteiger partial charge is 0.356 e. The van der Waals surface area contributed by atoms with Crippen LogP contribution in [-0.4, -0.2) is 57.6 Å². The number of nitrogens with zero attached hydrogens (tertiary/aromatic N) is 2. The van der Waals surface area contributed by atoms with E-state index in [0.29, 0.717) is 18.9 Å². The zero-order valence-electron chi connectivity index (χ0n) is 15.4. The molecule has 3 rings (SSSR count). The molecule has 27 heavy (non-hydrogen) atoms. The maximum Gasteiger partial charge on any atom is 0.243 e. The molecule has 7 nitrogen and oxygen atoms in total. The highest BCUT2D eigenvalue weighted by atomic mass is 32.2. The van der Waals surface area contributed by atoms with E-state index in [2.05, 4.69) is 5.32 Å². The average molecular weight is 397 g/mol. The number of amides is 2. The Morgan fingerprint density at radius 1 is 1.30 bits per heavy atom. The van der Waals surface area contributed by atoms with E-state index in [1.807, 2.05) is 0 Å². The van der Waals surface area contributed by atoms with Gasteiger partial charge >= 0.3 is 0 Å². The van der Waals surface area contributed by atoms with E-state index in [1.165, 1.54) is 18.2 Å². The van der Waals surface area contributed by atoms with Crippen molar-refractivity contribution in [1.82, 2.24) is 10.2 Å². The van der Waals surface area contributed by atoms with E-state index in [9.17, 15) is 22.4 Å². The van der Waals surface area contributed by atoms with Gasteiger partial charge in [-0.2, -0.15) is 0 Å². The number of anilines is 1. The molecular formula is C18H24FN3O4S. The smallest absolute Gasteiger partial charge is 0.243 e. The predicted octanol–water partition coefficient (Wildman–Crippen LogP) is 0.965. The first-order valence-electron chi connectivity index (χ1n) is 8.91. The quantitative estimate of drug-likeness (QED) is 0.802. The number of hydrogen-bond donors (Lipinski definition) is 1. The molecule has 0 bridgehead atoms. The standard InChI is InChI=1S/C18H24FN3O4S/c1-21(16-6-12-8-17(23)20-10-13(12)7-16)18(24)11-22(27(2,25)26)15-5-3-4-14(19)9-15/h3-5,9,12-13,16H,6-8,10-11H2,1-2H3,(H,20,23)/t12-,13+,16-/m1/s1. The number of halogens is 1. The van der Waals surface area contributed by atoms with Crippen molar-refractivity contribution in [3.8, 4) is 0 Å². The molecule has 1 aromatic carbocycles. The molecule has 2 aliphatic rings. The number of rotatable bonds is 5. The van der Waals surface area contributed by atoms with Gasteiger partial charge in [-0.1, -0.05) is 6.07 Å². The number of likely N-dealkylation sites (N-methyl/N-ethyl adjacent to an activating group) is 1. The summed E-state index contributed by atoms with van der Waals surface area (Å²) in [5.41, 5.74) is 0.120. The van der Waals surface area contributed by atoms with Crippen molar-refractivity contribution in [1.29, 1.82) is 0 Å². The number of nitrogens with one attached hydrogen (secondary N) is 1. The second-order valence-electron chi connectivity index (χ2n) is 7.41. The minimum atomic E-state index is -3.75. The molecule has 1 N–H and O–H groups in total. The second-order valence-corrected chi connectivity index (χ2v) is 9.31. The van der Waals surface area contributed by atoms with Crippen molar-refractivity contribution in [2.75, 3.05) is 30.7 Å². The Morgan fingerprint density at radius 2 is 2.00 bits per heavy atom. The molecule has 0 aromatic heterocycles. The van der Waals surface area contributed by atoms with Crippen molar-refractivity contribution in [2.45, 2.75) is 25.3 Å². The monoisotopic (exact) mass is 397 g/mol. The molecule has 1 saturated carbocycles. The molecule has 1 aliphatic heterocycles. The number of sulfonamides is 1. The topological polar surface area (TPSA) is 86.8 Å². The highest BCUT2D eigenvalue weighted by Crippen LogP contribution is 2.38. The van der Waals surface area contributed by atoms with Crippen LogP contribution in [-0.2, 0) is 19.6 Å². The highest BCUT2D eigenvalue weighted by Gasteiger charge is 2.41. The lowest BCUT2D eigenvalue weighted by atomic mass is 9.89. The fourth-order valence-electron chi connectivity index (χ4n) is 4.02. The third-order valence-corrected chi connectivity index (χ3v) is 6.68. The number of carbonyl (C=O) groups is 2. The van der Waals surface area contributed by atoms with Gasteiger partial charge in [0.2, 0.25) is 21.8 Å². The SMILES string of the molecule is CN(C(=O)CN(c1cccc(F)c1)S(C)(=O)=O)[C@H]1C[C@H]2CNC(=O)C[C@H]2C1. The molecule has 1 saturated heterocycles. The van der Waals surface area contributed by atoms with Crippen molar-refractivity contribution in [2.24, 2.45) is 11.8 Å². The average Bonchev–Trinajstić information content (AvgIpc) is 3.00. The number of fused-ring (bicyclic) bond motifs is 1. The van der Waals surface area contributed by atoms with Crippen LogP contribution >= 0.6 is 0 Å². The molecule has 0 radical (unpaired) electrons. The summed E-state index contributed by atoms with van der Waals surface area (Å²) in [6.07, 6.45) is 2.99. The van der Waals surface area contributed by atoms with Crippen LogP contribution < -0.4 is 9.62 Å².